The van der Waals surface area contributed by atoms with E-state index < -0.39 is 0 Å². The summed E-state index contributed by atoms with van der Waals surface area (Å²) in [5.41, 5.74) is 5.88. The lowest BCUT2D eigenvalue weighted by atomic mass is 9.98. The predicted molar refractivity (Wildman–Crippen MR) is 48.0 cm³/mol. The summed E-state index contributed by atoms with van der Waals surface area (Å²) in [5, 5.41) is 0. The first-order valence-electron chi connectivity index (χ1n) is 4.81. The SMILES string of the molecule is C[C@]1(CN)COC[C@H]2CCCN21. The van der Waals surface area contributed by atoms with Crippen LogP contribution in [0.4, 0.5) is 0 Å². The molecule has 2 aliphatic heterocycles. The van der Waals surface area contributed by atoms with Crippen molar-refractivity contribution in [2.24, 2.45) is 5.73 Å². The first-order chi connectivity index (χ1) is 5.76. The zero-order valence-electron chi connectivity index (χ0n) is 7.75. The maximum Gasteiger partial charge on any atom is 0.0660 e. The fourth-order valence-corrected chi connectivity index (χ4v) is 2.39. The molecule has 70 valence electrons. The molecule has 2 saturated heterocycles. The lowest BCUT2D eigenvalue weighted by molar-refractivity contribution is -0.0749. The Labute approximate surface area is 73.9 Å². The molecule has 2 atom stereocenters. The van der Waals surface area contributed by atoms with E-state index in [0.717, 1.165) is 13.2 Å². The number of rotatable bonds is 1. The Bertz CT molecular complexity index is 174. The van der Waals surface area contributed by atoms with Crippen LogP contribution in [0, 0.1) is 0 Å². The summed E-state index contributed by atoms with van der Waals surface area (Å²) in [6, 6.07) is 0.646. The van der Waals surface area contributed by atoms with Crippen molar-refractivity contribution >= 4 is 0 Å². The van der Waals surface area contributed by atoms with Crippen molar-refractivity contribution in [2.45, 2.75) is 31.3 Å². The van der Waals surface area contributed by atoms with Crippen molar-refractivity contribution in [3.05, 3.63) is 0 Å². The maximum atomic E-state index is 5.77. The summed E-state index contributed by atoms with van der Waals surface area (Å²) in [5.74, 6) is 0. The van der Waals surface area contributed by atoms with Gasteiger partial charge in [0, 0.05) is 12.6 Å². The summed E-state index contributed by atoms with van der Waals surface area (Å²) < 4.78 is 5.57. The second kappa shape index (κ2) is 2.98. The molecule has 0 bridgehead atoms. The van der Waals surface area contributed by atoms with Crippen LogP contribution in [0.25, 0.3) is 0 Å². The van der Waals surface area contributed by atoms with Gasteiger partial charge in [-0.15, -0.1) is 0 Å². The third-order valence-corrected chi connectivity index (χ3v) is 3.23. The highest BCUT2D eigenvalue weighted by Gasteiger charge is 2.41. The first kappa shape index (κ1) is 8.48. The van der Waals surface area contributed by atoms with Gasteiger partial charge >= 0.3 is 0 Å². The van der Waals surface area contributed by atoms with Gasteiger partial charge < -0.3 is 10.5 Å². The van der Waals surface area contributed by atoms with Gasteiger partial charge in [0.15, 0.2) is 0 Å². The van der Waals surface area contributed by atoms with Gasteiger partial charge in [0.2, 0.25) is 0 Å². The van der Waals surface area contributed by atoms with Gasteiger partial charge in [-0.3, -0.25) is 4.90 Å². The molecule has 3 nitrogen and oxygen atoms in total. The normalized spacial score (nSPS) is 43.0. The summed E-state index contributed by atoms with van der Waals surface area (Å²) in [4.78, 5) is 2.54. The van der Waals surface area contributed by atoms with Crippen LogP contribution in [0.5, 0.6) is 0 Å². The molecule has 0 unspecified atom stereocenters. The van der Waals surface area contributed by atoms with Crippen LogP contribution in [0.1, 0.15) is 19.8 Å². The molecule has 0 spiro atoms. The highest BCUT2D eigenvalue weighted by atomic mass is 16.5. The molecule has 2 aliphatic rings. The summed E-state index contributed by atoms with van der Waals surface area (Å²) >= 11 is 0. The predicted octanol–water partition coefficient (Wildman–Crippen LogP) is 0.198. The molecular weight excluding hydrogens is 152 g/mol. The second-order valence-corrected chi connectivity index (χ2v) is 4.21. The number of ether oxygens (including phenoxy) is 1. The average Bonchev–Trinajstić information content (AvgIpc) is 2.54. The molecule has 2 heterocycles. The highest BCUT2D eigenvalue weighted by molar-refractivity contribution is 4.97. The topological polar surface area (TPSA) is 38.5 Å². The minimum absolute atomic E-state index is 0.111. The largest absolute Gasteiger partial charge is 0.378 e. The third kappa shape index (κ3) is 1.16. The van der Waals surface area contributed by atoms with Crippen LogP contribution in [0.2, 0.25) is 0 Å². The van der Waals surface area contributed by atoms with Crippen LogP contribution >= 0.6 is 0 Å². The van der Waals surface area contributed by atoms with E-state index in [4.69, 9.17) is 10.5 Å². The maximum absolute atomic E-state index is 5.77. The fraction of sp³-hybridized carbons (Fsp3) is 1.00. The zero-order valence-corrected chi connectivity index (χ0v) is 7.75. The van der Waals surface area contributed by atoms with Crippen molar-refractivity contribution in [2.75, 3.05) is 26.3 Å². The second-order valence-electron chi connectivity index (χ2n) is 4.21. The Balaban J connectivity index is 2.13. The van der Waals surface area contributed by atoms with E-state index >= 15 is 0 Å². The van der Waals surface area contributed by atoms with E-state index in [0.29, 0.717) is 12.6 Å². The Morgan fingerprint density at radius 3 is 3.25 bits per heavy atom. The monoisotopic (exact) mass is 170 g/mol. The van der Waals surface area contributed by atoms with Crippen molar-refractivity contribution in [3.63, 3.8) is 0 Å². The van der Waals surface area contributed by atoms with E-state index in [2.05, 4.69) is 11.8 Å². The Kier molecular flexibility index (Phi) is 2.10. The van der Waals surface area contributed by atoms with Gasteiger partial charge in [0.05, 0.1) is 18.8 Å². The lowest BCUT2D eigenvalue weighted by Gasteiger charge is -2.45. The van der Waals surface area contributed by atoms with Gasteiger partial charge in [-0.25, -0.2) is 0 Å². The zero-order chi connectivity index (χ0) is 8.60. The van der Waals surface area contributed by atoms with Crippen LogP contribution in [0.3, 0.4) is 0 Å². The van der Waals surface area contributed by atoms with Gasteiger partial charge in [0.25, 0.3) is 0 Å². The molecule has 0 aromatic heterocycles. The molecule has 2 fully saturated rings. The Morgan fingerprint density at radius 2 is 2.50 bits per heavy atom. The van der Waals surface area contributed by atoms with Gasteiger partial charge in [-0.2, -0.15) is 0 Å². The van der Waals surface area contributed by atoms with Crippen LogP contribution in [-0.2, 0) is 4.74 Å². The number of nitrogens with zero attached hydrogens (tertiary/aromatic N) is 1. The Hall–Kier alpha value is -0.120. The highest BCUT2D eigenvalue weighted by Crippen LogP contribution is 2.30. The van der Waals surface area contributed by atoms with E-state index in [9.17, 15) is 0 Å². The van der Waals surface area contributed by atoms with Crippen LogP contribution < -0.4 is 5.73 Å². The molecule has 0 amide bonds. The van der Waals surface area contributed by atoms with Crippen molar-refractivity contribution < 1.29 is 4.74 Å². The minimum atomic E-state index is 0.111. The minimum Gasteiger partial charge on any atom is -0.378 e. The summed E-state index contributed by atoms with van der Waals surface area (Å²) in [7, 11) is 0. The molecule has 0 aromatic carbocycles. The fourth-order valence-electron chi connectivity index (χ4n) is 2.39. The number of hydrogen-bond donors (Lipinski definition) is 1. The van der Waals surface area contributed by atoms with Crippen molar-refractivity contribution in [1.82, 2.24) is 4.90 Å². The molecule has 12 heavy (non-hydrogen) atoms. The van der Waals surface area contributed by atoms with Crippen molar-refractivity contribution in [1.29, 1.82) is 0 Å². The molecule has 0 aliphatic carbocycles. The molecule has 2 N–H and O–H groups in total. The van der Waals surface area contributed by atoms with Crippen LogP contribution in [-0.4, -0.2) is 42.8 Å². The summed E-state index contributed by atoms with van der Waals surface area (Å²) in [6.07, 6.45) is 2.60. The quantitative estimate of drug-likeness (QED) is 0.611. The van der Waals surface area contributed by atoms with E-state index in [-0.39, 0.29) is 5.54 Å². The third-order valence-electron chi connectivity index (χ3n) is 3.23. The first-order valence-corrected chi connectivity index (χ1v) is 4.81. The Morgan fingerprint density at radius 1 is 1.67 bits per heavy atom. The standard InChI is InChI=1S/C9H18N2O/c1-9(6-10)7-12-5-8-3-2-4-11(8)9/h8H,2-7,10H2,1H3/t8-,9+/m1/s1. The van der Waals surface area contributed by atoms with Gasteiger partial charge in [-0.1, -0.05) is 0 Å². The smallest absolute Gasteiger partial charge is 0.0660 e. The van der Waals surface area contributed by atoms with E-state index in [1.54, 1.807) is 0 Å². The molecule has 0 aromatic rings. The number of hydrogen-bond acceptors (Lipinski definition) is 3. The lowest BCUT2D eigenvalue weighted by Crippen LogP contribution is -2.60. The molecule has 2 rings (SSSR count). The van der Waals surface area contributed by atoms with Gasteiger partial charge in [0.1, 0.15) is 0 Å². The van der Waals surface area contributed by atoms with Crippen LogP contribution in [0.15, 0.2) is 0 Å². The van der Waals surface area contributed by atoms with E-state index in [1.807, 2.05) is 0 Å². The average molecular weight is 170 g/mol. The van der Waals surface area contributed by atoms with Crippen molar-refractivity contribution in [3.8, 4) is 0 Å². The number of morpholine rings is 1. The molecule has 0 saturated carbocycles. The molecular formula is C9H18N2O. The number of nitrogens with two attached hydrogens (primary N) is 1. The summed E-state index contributed by atoms with van der Waals surface area (Å²) in [6.45, 7) is 5.85. The molecule has 0 radical (unpaired) electrons. The number of fused-ring (bicyclic) bond motifs is 1. The van der Waals surface area contributed by atoms with E-state index in [1.165, 1.54) is 19.4 Å². The molecule has 3 heteroatoms. The van der Waals surface area contributed by atoms with Gasteiger partial charge in [-0.05, 0) is 26.3 Å².